The fraction of sp³-hybridized carbons (Fsp3) is 0.222. The molecule has 120 valence electrons. The Labute approximate surface area is 144 Å². The van der Waals surface area contributed by atoms with E-state index in [0.717, 1.165) is 17.3 Å². The van der Waals surface area contributed by atoms with Crippen LogP contribution in [0, 0.1) is 0 Å². The Morgan fingerprint density at radius 1 is 1.13 bits per heavy atom. The predicted octanol–water partition coefficient (Wildman–Crippen LogP) is 4.66. The average Bonchev–Trinajstić information content (AvgIpc) is 2.56. The number of nitrogens with one attached hydrogen (secondary N) is 1. The molecule has 4 nitrogen and oxygen atoms in total. The van der Waals surface area contributed by atoms with Crippen molar-refractivity contribution < 1.29 is 14.3 Å². The normalized spacial score (nSPS) is 10.2. The molecule has 0 saturated heterocycles. The van der Waals surface area contributed by atoms with Gasteiger partial charge in [-0.15, -0.1) is 0 Å². The van der Waals surface area contributed by atoms with Gasteiger partial charge in [0.2, 0.25) is 0 Å². The van der Waals surface area contributed by atoms with Crippen molar-refractivity contribution in [2.75, 3.05) is 11.9 Å². The first-order valence-electron chi connectivity index (χ1n) is 7.45. The molecule has 0 heterocycles. The Morgan fingerprint density at radius 3 is 2.57 bits per heavy atom. The number of esters is 1. The number of rotatable bonds is 6. The smallest absolute Gasteiger partial charge is 0.340 e. The highest BCUT2D eigenvalue weighted by atomic mass is 79.9. The summed E-state index contributed by atoms with van der Waals surface area (Å²) in [6.07, 6.45) is 1.76. The van der Waals surface area contributed by atoms with E-state index in [1.807, 2.05) is 13.0 Å². The molecule has 0 aliphatic rings. The van der Waals surface area contributed by atoms with Crippen molar-refractivity contribution in [1.82, 2.24) is 0 Å². The van der Waals surface area contributed by atoms with Crippen LogP contribution in [-0.4, -0.2) is 18.5 Å². The highest BCUT2D eigenvalue weighted by molar-refractivity contribution is 9.10. The molecule has 0 aliphatic heterocycles. The number of carbonyl (C=O) groups is 2. The quantitative estimate of drug-likeness (QED) is 0.589. The van der Waals surface area contributed by atoms with Crippen LogP contribution in [0.2, 0.25) is 0 Å². The number of hydrogen-bond donors (Lipinski definition) is 1. The molecule has 0 fully saturated rings. The number of halogens is 1. The number of benzene rings is 2. The van der Waals surface area contributed by atoms with E-state index >= 15 is 0 Å². The largest absolute Gasteiger partial charge is 0.462 e. The number of ether oxygens (including phenoxy) is 1. The van der Waals surface area contributed by atoms with Crippen LogP contribution in [0.3, 0.4) is 0 Å². The van der Waals surface area contributed by atoms with Gasteiger partial charge < -0.3 is 10.1 Å². The van der Waals surface area contributed by atoms with E-state index in [2.05, 4.69) is 21.2 Å². The third-order valence-electron chi connectivity index (χ3n) is 3.22. The van der Waals surface area contributed by atoms with Crippen LogP contribution in [0.25, 0.3) is 0 Å². The summed E-state index contributed by atoms with van der Waals surface area (Å²) in [5.41, 5.74) is 1.29. The van der Waals surface area contributed by atoms with Crippen LogP contribution in [0.15, 0.2) is 53.0 Å². The zero-order valence-electron chi connectivity index (χ0n) is 12.8. The van der Waals surface area contributed by atoms with Gasteiger partial charge in [0.25, 0.3) is 5.91 Å². The molecule has 0 spiro atoms. The standard InChI is InChI=1S/C18H18BrNO3/c1-2-3-11-23-18(22)15-10-9-14(19)12-16(15)20-17(21)13-7-5-4-6-8-13/h4-10,12H,2-3,11H2,1H3,(H,20,21). The van der Waals surface area contributed by atoms with E-state index in [1.54, 1.807) is 42.5 Å². The summed E-state index contributed by atoms with van der Waals surface area (Å²) in [7, 11) is 0. The summed E-state index contributed by atoms with van der Waals surface area (Å²) >= 11 is 3.35. The summed E-state index contributed by atoms with van der Waals surface area (Å²) in [5, 5.41) is 2.77. The minimum absolute atomic E-state index is 0.272. The highest BCUT2D eigenvalue weighted by Gasteiger charge is 2.16. The molecule has 23 heavy (non-hydrogen) atoms. The molecule has 5 heteroatoms. The topological polar surface area (TPSA) is 55.4 Å². The maximum absolute atomic E-state index is 12.3. The molecule has 1 amide bonds. The van der Waals surface area contributed by atoms with E-state index < -0.39 is 5.97 Å². The Bertz CT molecular complexity index is 686. The maximum Gasteiger partial charge on any atom is 0.340 e. The minimum Gasteiger partial charge on any atom is -0.462 e. The van der Waals surface area contributed by atoms with Gasteiger partial charge in [0.05, 0.1) is 17.9 Å². The van der Waals surface area contributed by atoms with E-state index in [-0.39, 0.29) is 5.91 Å². The van der Waals surface area contributed by atoms with E-state index in [0.29, 0.717) is 23.4 Å². The molecule has 0 aliphatic carbocycles. The Morgan fingerprint density at radius 2 is 1.87 bits per heavy atom. The van der Waals surface area contributed by atoms with Crippen molar-refractivity contribution >= 4 is 33.5 Å². The Balaban J connectivity index is 2.18. The molecule has 0 radical (unpaired) electrons. The third-order valence-corrected chi connectivity index (χ3v) is 3.71. The van der Waals surface area contributed by atoms with E-state index in [4.69, 9.17) is 4.74 Å². The molecule has 2 aromatic rings. The van der Waals surface area contributed by atoms with Crippen LogP contribution in [0.4, 0.5) is 5.69 Å². The molecular weight excluding hydrogens is 358 g/mol. The fourth-order valence-electron chi connectivity index (χ4n) is 1.97. The lowest BCUT2D eigenvalue weighted by molar-refractivity contribution is 0.0501. The maximum atomic E-state index is 12.3. The lowest BCUT2D eigenvalue weighted by Crippen LogP contribution is -2.16. The molecule has 0 aromatic heterocycles. The molecule has 0 saturated carbocycles. The van der Waals surface area contributed by atoms with Gasteiger partial charge in [-0.2, -0.15) is 0 Å². The molecular formula is C18H18BrNO3. The monoisotopic (exact) mass is 375 g/mol. The van der Waals surface area contributed by atoms with Crippen molar-refractivity contribution in [2.45, 2.75) is 19.8 Å². The number of hydrogen-bond acceptors (Lipinski definition) is 3. The van der Waals surface area contributed by atoms with Crippen molar-refractivity contribution in [1.29, 1.82) is 0 Å². The lowest BCUT2D eigenvalue weighted by atomic mass is 10.1. The zero-order chi connectivity index (χ0) is 16.7. The molecule has 1 N–H and O–H groups in total. The second-order valence-corrected chi connectivity index (χ2v) is 5.92. The van der Waals surface area contributed by atoms with Crippen LogP contribution >= 0.6 is 15.9 Å². The van der Waals surface area contributed by atoms with Crippen molar-refractivity contribution in [3.05, 3.63) is 64.1 Å². The first kappa shape index (κ1) is 17.2. The predicted molar refractivity (Wildman–Crippen MR) is 93.7 cm³/mol. The summed E-state index contributed by atoms with van der Waals surface area (Å²) < 4.78 is 6.00. The van der Waals surface area contributed by atoms with Crippen molar-refractivity contribution in [3.8, 4) is 0 Å². The number of unbranched alkanes of at least 4 members (excludes halogenated alkanes) is 1. The average molecular weight is 376 g/mol. The Hall–Kier alpha value is -2.14. The van der Waals surface area contributed by atoms with Crippen LogP contribution in [-0.2, 0) is 4.74 Å². The number of amides is 1. The molecule has 0 bridgehead atoms. The molecule has 2 rings (SSSR count). The Kier molecular flexibility index (Phi) is 6.35. The second-order valence-electron chi connectivity index (χ2n) is 5.00. The van der Waals surface area contributed by atoms with Gasteiger partial charge in [-0.05, 0) is 36.8 Å². The zero-order valence-corrected chi connectivity index (χ0v) is 14.4. The van der Waals surface area contributed by atoms with E-state index in [1.165, 1.54) is 0 Å². The van der Waals surface area contributed by atoms with Crippen LogP contribution in [0.1, 0.15) is 40.5 Å². The highest BCUT2D eigenvalue weighted by Crippen LogP contribution is 2.23. The lowest BCUT2D eigenvalue weighted by Gasteiger charge is -2.11. The first-order chi connectivity index (χ1) is 11.1. The van der Waals surface area contributed by atoms with Gasteiger partial charge in [0.1, 0.15) is 0 Å². The summed E-state index contributed by atoms with van der Waals surface area (Å²) in [6, 6.07) is 13.9. The van der Waals surface area contributed by atoms with E-state index in [9.17, 15) is 9.59 Å². The minimum atomic E-state index is -0.436. The summed E-state index contributed by atoms with van der Waals surface area (Å²) in [4.78, 5) is 24.5. The first-order valence-corrected chi connectivity index (χ1v) is 8.24. The van der Waals surface area contributed by atoms with Crippen molar-refractivity contribution in [2.24, 2.45) is 0 Å². The SMILES string of the molecule is CCCCOC(=O)c1ccc(Br)cc1NC(=O)c1ccccc1. The molecule has 2 aromatic carbocycles. The van der Waals surface area contributed by atoms with Gasteiger partial charge in [-0.1, -0.05) is 47.5 Å². The molecule has 0 unspecified atom stereocenters. The third kappa shape index (κ3) is 4.93. The second kappa shape index (κ2) is 8.48. The summed E-state index contributed by atoms with van der Waals surface area (Å²) in [6.45, 7) is 2.40. The van der Waals surface area contributed by atoms with Gasteiger partial charge in [0, 0.05) is 10.0 Å². The van der Waals surface area contributed by atoms with Gasteiger partial charge >= 0.3 is 5.97 Å². The molecule has 0 atom stereocenters. The van der Waals surface area contributed by atoms with Gasteiger partial charge in [-0.25, -0.2) is 4.79 Å². The number of anilines is 1. The van der Waals surface area contributed by atoms with Gasteiger partial charge in [-0.3, -0.25) is 4.79 Å². The van der Waals surface area contributed by atoms with Gasteiger partial charge in [0.15, 0.2) is 0 Å². The van der Waals surface area contributed by atoms with Crippen molar-refractivity contribution in [3.63, 3.8) is 0 Å². The van der Waals surface area contributed by atoms with Crippen LogP contribution < -0.4 is 5.32 Å². The summed E-state index contributed by atoms with van der Waals surface area (Å²) in [5.74, 6) is -0.708. The number of carbonyl (C=O) groups excluding carboxylic acids is 2. The van der Waals surface area contributed by atoms with Crippen LogP contribution in [0.5, 0.6) is 0 Å². The fourth-order valence-corrected chi connectivity index (χ4v) is 2.33.